The molecule has 8 heteroatoms. The lowest BCUT2D eigenvalue weighted by atomic mass is 10.1. The molecule has 0 fully saturated rings. The zero-order valence-corrected chi connectivity index (χ0v) is 18.3. The Morgan fingerprint density at radius 3 is 2.16 bits per heavy atom. The van der Waals surface area contributed by atoms with Crippen LogP contribution in [0.15, 0.2) is 42.5 Å². The summed E-state index contributed by atoms with van der Waals surface area (Å²) in [6.45, 7) is 4.13. The van der Waals surface area contributed by atoms with E-state index in [0.717, 1.165) is 11.1 Å². The second kappa shape index (κ2) is 11.6. The van der Waals surface area contributed by atoms with Crippen LogP contribution in [0.5, 0.6) is 11.5 Å². The maximum atomic E-state index is 12.5. The zero-order chi connectivity index (χ0) is 22.8. The first kappa shape index (κ1) is 23.7. The number of benzene rings is 2. The highest BCUT2D eigenvalue weighted by atomic mass is 16.5. The molecular formula is C23H28N2O6. The summed E-state index contributed by atoms with van der Waals surface area (Å²) < 4.78 is 15.7. The fourth-order valence-electron chi connectivity index (χ4n) is 2.86. The Bertz CT molecular complexity index is 911. The van der Waals surface area contributed by atoms with Crippen molar-refractivity contribution in [3.63, 3.8) is 0 Å². The Kier molecular flexibility index (Phi) is 8.87. The number of nitrogens with zero attached hydrogens (tertiary/aromatic N) is 1. The molecule has 0 saturated carbocycles. The van der Waals surface area contributed by atoms with Crippen LogP contribution >= 0.6 is 0 Å². The number of likely N-dealkylation sites (N-methyl/N-ethyl adjacent to an activating group) is 1. The van der Waals surface area contributed by atoms with Crippen molar-refractivity contribution in [3.8, 4) is 11.5 Å². The molecule has 0 atom stereocenters. The summed E-state index contributed by atoms with van der Waals surface area (Å²) in [7, 11) is 3.11. The lowest BCUT2D eigenvalue weighted by molar-refractivity contribution is -0.135. The van der Waals surface area contributed by atoms with Gasteiger partial charge in [-0.15, -0.1) is 0 Å². The molecule has 8 nitrogen and oxygen atoms in total. The number of rotatable bonds is 10. The molecule has 1 N–H and O–H groups in total. The molecule has 0 aliphatic rings. The molecule has 0 aliphatic heterocycles. The Morgan fingerprint density at radius 2 is 1.58 bits per heavy atom. The first-order valence-corrected chi connectivity index (χ1v) is 9.87. The van der Waals surface area contributed by atoms with Gasteiger partial charge in [-0.25, -0.2) is 4.79 Å². The van der Waals surface area contributed by atoms with Gasteiger partial charge in [-0.05, 0) is 42.3 Å². The molecule has 166 valence electrons. The van der Waals surface area contributed by atoms with E-state index in [2.05, 4.69) is 5.32 Å². The minimum atomic E-state index is -0.582. The number of hydrogen-bond donors (Lipinski definition) is 1. The first-order valence-electron chi connectivity index (χ1n) is 9.87. The van der Waals surface area contributed by atoms with E-state index in [1.807, 2.05) is 19.1 Å². The highest BCUT2D eigenvalue weighted by Gasteiger charge is 2.17. The van der Waals surface area contributed by atoms with Gasteiger partial charge in [-0.2, -0.15) is 0 Å². The van der Waals surface area contributed by atoms with Crippen LogP contribution in [0.1, 0.15) is 35.3 Å². The molecule has 2 aromatic rings. The summed E-state index contributed by atoms with van der Waals surface area (Å²) in [5, 5.41) is 2.68. The van der Waals surface area contributed by atoms with Gasteiger partial charge in [-0.3, -0.25) is 9.59 Å². The number of carbonyl (C=O) groups excluding carboxylic acids is 3. The minimum absolute atomic E-state index is 0.129. The predicted molar refractivity (Wildman–Crippen MR) is 115 cm³/mol. The van der Waals surface area contributed by atoms with Crippen LogP contribution in [0.3, 0.4) is 0 Å². The number of methoxy groups -OCH3 is 2. The van der Waals surface area contributed by atoms with Crippen molar-refractivity contribution in [3.05, 3.63) is 59.2 Å². The number of ether oxygens (including phenoxy) is 3. The SMILES string of the molecule is CCN(Cc1ccc(OC)c(OC)c1)C(=O)COC(=O)c1ccc(CNC(C)=O)cc1. The fourth-order valence-corrected chi connectivity index (χ4v) is 2.86. The van der Waals surface area contributed by atoms with Gasteiger partial charge < -0.3 is 24.4 Å². The second-order valence-corrected chi connectivity index (χ2v) is 6.78. The van der Waals surface area contributed by atoms with Crippen LogP contribution in [0.2, 0.25) is 0 Å². The summed E-state index contributed by atoms with van der Waals surface area (Å²) in [6, 6.07) is 12.1. The molecule has 0 aromatic heterocycles. The summed E-state index contributed by atoms with van der Waals surface area (Å²) in [5.41, 5.74) is 2.06. The largest absolute Gasteiger partial charge is 0.493 e. The Hall–Kier alpha value is -3.55. The Balaban J connectivity index is 1.92. The smallest absolute Gasteiger partial charge is 0.338 e. The van der Waals surface area contributed by atoms with Crippen LogP contribution < -0.4 is 14.8 Å². The van der Waals surface area contributed by atoms with Gasteiger partial charge in [-0.1, -0.05) is 18.2 Å². The maximum absolute atomic E-state index is 12.5. The molecule has 31 heavy (non-hydrogen) atoms. The number of hydrogen-bond acceptors (Lipinski definition) is 6. The van der Waals surface area contributed by atoms with Crippen molar-refractivity contribution in [2.45, 2.75) is 26.9 Å². The summed E-state index contributed by atoms with van der Waals surface area (Å²) in [5.74, 6) is 0.180. The monoisotopic (exact) mass is 428 g/mol. The molecule has 0 aliphatic carbocycles. The van der Waals surface area contributed by atoms with Gasteiger partial charge in [0.2, 0.25) is 5.91 Å². The lowest BCUT2D eigenvalue weighted by Gasteiger charge is -2.21. The third kappa shape index (κ3) is 7.02. The number of esters is 1. The average molecular weight is 428 g/mol. The van der Waals surface area contributed by atoms with E-state index in [4.69, 9.17) is 14.2 Å². The highest BCUT2D eigenvalue weighted by Crippen LogP contribution is 2.28. The maximum Gasteiger partial charge on any atom is 0.338 e. The van der Waals surface area contributed by atoms with Crippen molar-refractivity contribution in [1.82, 2.24) is 10.2 Å². The van der Waals surface area contributed by atoms with Crippen molar-refractivity contribution in [1.29, 1.82) is 0 Å². The molecule has 2 rings (SSSR count). The van der Waals surface area contributed by atoms with Gasteiger partial charge in [0.25, 0.3) is 5.91 Å². The molecule has 0 saturated heterocycles. The van der Waals surface area contributed by atoms with E-state index in [1.54, 1.807) is 49.5 Å². The van der Waals surface area contributed by atoms with Gasteiger partial charge >= 0.3 is 5.97 Å². The molecule has 0 bridgehead atoms. The van der Waals surface area contributed by atoms with Crippen LogP contribution in [-0.2, 0) is 27.4 Å². The number of nitrogens with one attached hydrogen (secondary N) is 1. The average Bonchev–Trinajstić information content (AvgIpc) is 2.79. The first-order chi connectivity index (χ1) is 14.9. The minimum Gasteiger partial charge on any atom is -0.493 e. The van der Waals surface area contributed by atoms with Crippen LogP contribution in [0.4, 0.5) is 0 Å². The summed E-state index contributed by atoms with van der Waals surface area (Å²) in [4.78, 5) is 37.4. The zero-order valence-electron chi connectivity index (χ0n) is 18.3. The molecule has 2 amide bonds. The lowest BCUT2D eigenvalue weighted by Crippen LogP contribution is -2.34. The molecular weight excluding hydrogens is 400 g/mol. The molecule has 0 heterocycles. The normalized spacial score (nSPS) is 10.2. The topological polar surface area (TPSA) is 94.2 Å². The van der Waals surface area contributed by atoms with Crippen molar-refractivity contribution < 1.29 is 28.6 Å². The Morgan fingerprint density at radius 1 is 0.935 bits per heavy atom. The van der Waals surface area contributed by atoms with Crippen molar-refractivity contribution in [2.75, 3.05) is 27.4 Å². The van der Waals surface area contributed by atoms with E-state index in [0.29, 0.717) is 36.7 Å². The predicted octanol–water partition coefficient (Wildman–Crippen LogP) is 2.55. The van der Waals surface area contributed by atoms with Crippen LogP contribution in [-0.4, -0.2) is 50.1 Å². The van der Waals surface area contributed by atoms with E-state index in [9.17, 15) is 14.4 Å². The van der Waals surface area contributed by atoms with Gasteiger partial charge in [0, 0.05) is 26.6 Å². The number of amides is 2. The van der Waals surface area contributed by atoms with Crippen LogP contribution in [0.25, 0.3) is 0 Å². The van der Waals surface area contributed by atoms with Gasteiger partial charge in [0.05, 0.1) is 19.8 Å². The van der Waals surface area contributed by atoms with E-state index in [1.165, 1.54) is 6.92 Å². The van der Waals surface area contributed by atoms with E-state index in [-0.39, 0.29) is 18.4 Å². The quantitative estimate of drug-likeness (QED) is 0.585. The third-order valence-corrected chi connectivity index (χ3v) is 4.61. The van der Waals surface area contributed by atoms with Crippen molar-refractivity contribution in [2.24, 2.45) is 0 Å². The van der Waals surface area contributed by atoms with E-state index >= 15 is 0 Å². The number of carbonyl (C=O) groups is 3. The molecule has 0 spiro atoms. The molecule has 0 radical (unpaired) electrons. The van der Waals surface area contributed by atoms with E-state index < -0.39 is 5.97 Å². The second-order valence-electron chi connectivity index (χ2n) is 6.78. The van der Waals surface area contributed by atoms with Gasteiger partial charge in [0.1, 0.15) is 0 Å². The van der Waals surface area contributed by atoms with Gasteiger partial charge in [0.15, 0.2) is 18.1 Å². The molecule has 0 unspecified atom stereocenters. The molecule has 2 aromatic carbocycles. The Labute approximate surface area is 182 Å². The third-order valence-electron chi connectivity index (χ3n) is 4.61. The summed E-state index contributed by atoms with van der Waals surface area (Å²) in [6.07, 6.45) is 0. The van der Waals surface area contributed by atoms with Crippen LogP contribution in [0, 0.1) is 0 Å². The highest BCUT2D eigenvalue weighted by molar-refractivity contribution is 5.91. The summed E-state index contributed by atoms with van der Waals surface area (Å²) >= 11 is 0. The van der Waals surface area contributed by atoms with Crippen molar-refractivity contribution >= 4 is 17.8 Å². The standard InChI is InChI=1S/C23H28N2O6/c1-5-25(14-18-8-11-20(29-3)21(12-18)30-4)22(27)15-31-23(28)19-9-6-17(7-10-19)13-24-16(2)26/h6-12H,5,13-15H2,1-4H3,(H,24,26). The fraction of sp³-hybridized carbons (Fsp3) is 0.348.